The van der Waals surface area contributed by atoms with E-state index in [9.17, 15) is 0 Å². The highest BCUT2D eigenvalue weighted by Crippen LogP contribution is 2.52. The van der Waals surface area contributed by atoms with Gasteiger partial charge in [-0.3, -0.25) is 0 Å². The normalized spacial score (nSPS) is 43.4. The lowest BCUT2D eigenvalue weighted by Gasteiger charge is -2.28. The zero-order chi connectivity index (χ0) is 9.42. The summed E-state index contributed by atoms with van der Waals surface area (Å²) >= 11 is 0. The van der Waals surface area contributed by atoms with Gasteiger partial charge in [0, 0.05) is 0 Å². The summed E-state index contributed by atoms with van der Waals surface area (Å²) in [5.74, 6) is 3.84. The highest BCUT2D eigenvalue weighted by molar-refractivity contribution is 4.94. The molecule has 0 aromatic carbocycles. The van der Waals surface area contributed by atoms with Crippen molar-refractivity contribution in [1.29, 1.82) is 0 Å². The quantitative estimate of drug-likeness (QED) is 0.651. The van der Waals surface area contributed by atoms with Crippen molar-refractivity contribution in [2.75, 3.05) is 6.61 Å². The van der Waals surface area contributed by atoms with Crippen LogP contribution in [0.2, 0.25) is 0 Å². The van der Waals surface area contributed by atoms with E-state index in [1.807, 2.05) is 0 Å². The first-order chi connectivity index (χ1) is 6.18. The minimum atomic E-state index is 0.409. The van der Waals surface area contributed by atoms with Crippen molar-refractivity contribution in [3.05, 3.63) is 0 Å². The molecule has 0 amide bonds. The first-order valence-corrected chi connectivity index (χ1v) is 5.80. The fourth-order valence-electron chi connectivity index (χ4n) is 3.29. The first-order valence-electron chi connectivity index (χ1n) is 5.80. The third-order valence-electron chi connectivity index (χ3n) is 4.16. The largest absolute Gasteiger partial charge is 0.378 e. The smallest absolute Gasteiger partial charge is 0.0519 e. The lowest BCUT2D eigenvalue weighted by atomic mass is 9.81. The molecule has 1 heteroatoms. The Hall–Kier alpha value is -0.0400. The number of hydrogen-bond acceptors (Lipinski definition) is 1. The lowest BCUT2D eigenvalue weighted by Crippen LogP contribution is -2.25. The molecular formula is C12H22O. The molecule has 4 atom stereocenters. The number of ether oxygens (including phenoxy) is 1. The fourth-order valence-corrected chi connectivity index (χ4v) is 3.29. The summed E-state index contributed by atoms with van der Waals surface area (Å²) in [5, 5.41) is 0. The summed E-state index contributed by atoms with van der Waals surface area (Å²) in [6.45, 7) is 7.72. The zero-order valence-corrected chi connectivity index (χ0v) is 9.12. The molecule has 1 nitrogen and oxygen atoms in total. The second-order valence-electron chi connectivity index (χ2n) is 5.24. The second-order valence-corrected chi connectivity index (χ2v) is 5.24. The van der Waals surface area contributed by atoms with E-state index in [1.165, 1.54) is 19.3 Å². The van der Waals surface area contributed by atoms with Gasteiger partial charge in [0.2, 0.25) is 0 Å². The van der Waals surface area contributed by atoms with E-state index in [2.05, 4.69) is 20.8 Å². The molecular weight excluding hydrogens is 160 g/mol. The molecule has 2 rings (SSSR count). The Kier molecular flexibility index (Phi) is 2.64. The van der Waals surface area contributed by atoms with Crippen LogP contribution in [0.4, 0.5) is 0 Å². The van der Waals surface area contributed by atoms with Crippen LogP contribution in [0.5, 0.6) is 0 Å². The van der Waals surface area contributed by atoms with Crippen LogP contribution in [0.15, 0.2) is 0 Å². The van der Waals surface area contributed by atoms with E-state index in [0.717, 1.165) is 30.3 Å². The second kappa shape index (κ2) is 3.61. The standard InChI is InChI=1S/C12H22O/c1-8(2)13-7-12-9(3)10-4-5-11(12)6-10/h8-12H,4-7H2,1-3H3. The molecule has 76 valence electrons. The van der Waals surface area contributed by atoms with Crippen LogP contribution in [0, 0.1) is 23.7 Å². The monoisotopic (exact) mass is 182 g/mol. The molecule has 0 N–H and O–H groups in total. The van der Waals surface area contributed by atoms with E-state index < -0.39 is 0 Å². The molecule has 2 aliphatic rings. The van der Waals surface area contributed by atoms with E-state index in [-0.39, 0.29) is 0 Å². The zero-order valence-electron chi connectivity index (χ0n) is 9.12. The van der Waals surface area contributed by atoms with Gasteiger partial charge in [0.15, 0.2) is 0 Å². The average Bonchev–Trinajstić information content (AvgIpc) is 2.61. The predicted octanol–water partition coefficient (Wildman–Crippen LogP) is 3.09. The summed E-state index contributed by atoms with van der Waals surface area (Å²) in [6.07, 6.45) is 4.87. The molecule has 2 saturated carbocycles. The van der Waals surface area contributed by atoms with Crippen molar-refractivity contribution in [3.8, 4) is 0 Å². The Balaban J connectivity index is 1.86. The van der Waals surface area contributed by atoms with Crippen molar-refractivity contribution < 1.29 is 4.74 Å². The van der Waals surface area contributed by atoms with Gasteiger partial charge in [0.05, 0.1) is 12.7 Å². The van der Waals surface area contributed by atoms with Gasteiger partial charge in [-0.05, 0) is 56.8 Å². The van der Waals surface area contributed by atoms with Crippen LogP contribution in [0.3, 0.4) is 0 Å². The Morgan fingerprint density at radius 3 is 2.46 bits per heavy atom. The summed E-state index contributed by atoms with van der Waals surface area (Å²) in [5.41, 5.74) is 0. The van der Waals surface area contributed by atoms with Crippen LogP contribution in [0.25, 0.3) is 0 Å². The van der Waals surface area contributed by atoms with Gasteiger partial charge in [0.25, 0.3) is 0 Å². The summed E-state index contributed by atoms with van der Waals surface area (Å²) < 4.78 is 5.75. The maximum Gasteiger partial charge on any atom is 0.0519 e. The average molecular weight is 182 g/mol. The molecule has 4 unspecified atom stereocenters. The van der Waals surface area contributed by atoms with E-state index in [4.69, 9.17) is 4.74 Å². The molecule has 0 aliphatic heterocycles. The van der Waals surface area contributed by atoms with Crippen molar-refractivity contribution in [2.24, 2.45) is 23.7 Å². The summed E-state index contributed by atoms with van der Waals surface area (Å²) in [6, 6.07) is 0. The highest BCUT2D eigenvalue weighted by atomic mass is 16.5. The van der Waals surface area contributed by atoms with Crippen LogP contribution < -0.4 is 0 Å². The van der Waals surface area contributed by atoms with Crippen LogP contribution in [-0.4, -0.2) is 12.7 Å². The van der Waals surface area contributed by atoms with Crippen LogP contribution >= 0.6 is 0 Å². The van der Waals surface area contributed by atoms with Gasteiger partial charge in [0.1, 0.15) is 0 Å². The Bertz CT molecular complexity index is 174. The molecule has 0 saturated heterocycles. The highest BCUT2D eigenvalue weighted by Gasteiger charge is 2.44. The minimum Gasteiger partial charge on any atom is -0.378 e. The lowest BCUT2D eigenvalue weighted by molar-refractivity contribution is 0.0209. The fraction of sp³-hybridized carbons (Fsp3) is 1.00. The van der Waals surface area contributed by atoms with Crippen molar-refractivity contribution in [1.82, 2.24) is 0 Å². The van der Waals surface area contributed by atoms with Crippen molar-refractivity contribution in [3.63, 3.8) is 0 Å². The van der Waals surface area contributed by atoms with Crippen LogP contribution in [-0.2, 0) is 4.74 Å². The van der Waals surface area contributed by atoms with Gasteiger partial charge in [-0.15, -0.1) is 0 Å². The Labute approximate surface area is 81.9 Å². The summed E-state index contributed by atoms with van der Waals surface area (Å²) in [4.78, 5) is 0. The first kappa shape index (κ1) is 9.51. The van der Waals surface area contributed by atoms with Gasteiger partial charge < -0.3 is 4.74 Å². The topological polar surface area (TPSA) is 9.23 Å². The molecule has 2 fully saturated rings. The maximum atomic E-state index is 5.75. The minimum absolute atomic E-state index is 0.409. The van der Waals surface area contributed by atoms with E-state index >= 15 is 0 Å². The SMILES string of the molecule is CC(C)OCC1C2CCC(C2)C1C. The molecule has 2 aliphatic carbocycles. The van der Waals surface area contributed by atoms with Crippen molar-refractivity contribution >= 4 is 0 Å². The van der Waals surface area contributed by atoms with E-state index in [1.54, 1.807) is 0 Å². The molecule has 0 spiro atoms. The van der Waals surface area contributed by atoms with Gasteiger partial charge in [-0.25, -0.2) is 0 Å². The molecule has 0 radical (unpaired) electrons. The number of hydrogen-bond donors (Lipinski definition) is 0. The molecule has 0 aromatic rings. The van der Waals surface area contributed by atoms with Crippen molar-refractivity contribution in [2.45, 2.75) is 46.1 Å². The predicted molar refractivity (Wildman–Crippen MR) is 54.6 cm³/mol. The Morgan fingerprint density at radius 1 is 1.23 bits per heavy atom. The maximum absolute atomic E-state index is 5.75. The van der Waals surface area contributed by atoms with Gasteiger partial charge in [-0.2, -0.15) is 0 Å². The van der Waals surface area contributed by atoms with E-state index in [0.29, 0.717) is 6.10 Å². The molecule has 0 aromatic heterocycles. The molecule has 2 bridgehead atoms. The summed E-state index contributed by atoms with van der Waals surface area (Å²) in [7, 11) is 0. The van der Waals surface area contributed by atoms with Crippen LogP contribution in [0.1, 0.15) is 40.0 Å². The van der Waals surface area contributed by atoms with Gasteiger partial charge >= 0.3 is 0 Å². The number of rotatable bonds is 3. The molecule has 13 heavy (non-hydrogen) atoms. The molecule has 0 heterocycles. The Morgan fingerprint density at radius 2 is 1.92 bits per heavy atom. The van der Waals surface area contributed by atoms with Gasteiger partial charge in [-0.1, -0.05) is 6.92 Å². The third kappa shape index (κ3) is 1.76. The third-order valence-corrected chi connectivity index (χ3v) is 4.16. The number of fused-ring (bicyclic) bond motifs is 2.